The van der Waals surface area contributed by atoms with Crippen LogP contribution in [-0.2, 0) is 13.1 Å². The molecule has 0 saturated carbocycles. The number of rotatable bonds is 5. The highest BCUT2D eigenvalue weighted by Crippen LogP contribution is 2.22. The molecule has 1 aliphatic heterocycles. The highest BCUT2D eigenvalue weighted by Gasteiger charge is 2.29. The largest absolute Gasteiger partial charge is 0.342 e. The molecule has 24 heavy (non-hydrogen) atoms. The van der Waals surface area contributed by atoms with Crippen molar-refractivity contribution >= 4 is 11.7 Å². The van der Waals surface area contributed by atoms with Gasteiger partial charge in [-0.25, -0.2) is 0 Å². The van der Waals surface area contributed by atoms with E-state index in [1.807, 2.05) is 55.2 Å². The Labute approximate surface area is 142 Å². The van der Waals surface area contributed by atoms with Gasteiger partial charge >= 0.3 is 0 Å². The zero-order valence-corrected chi connectivity index (χ0v) is 14.2. The van der Waals surface area contributed by atoms with E-state index in [0.717, 1.165) is 12.1 Å². The van der Waals surface area contributed by atoms with Gasteiger partial charge in [0.15, 0.2) is 5.78 Å². The first-order valence-electron chi connectivity index (χ1n) is 8.26. The average Bonchev–Trinajstić information content (AvgIpc) is 2.96. The van der Waals surface area contributed by atoms with Crippen LogP contribution in [0, 0.1) is 0 Å². The van der Waals surface area contributed by atoms with Crippen LogP contribution in [0.3, 0.4) is 0 Å². The molecule has 0 bridgehead atoms. The number of likely N-dealkylation sites (N-methyl/N-ethyl adjacent to an activating group) is 1. The molecule has 5 heteroatoms. The number of benzene rings is 1. The molecule has 1 aliphatic rings. The molecule has 0 spiro atoms. The lowest BCUT2D eigenvalue weighted by molar-refractivity contribution is 0.0735. The van der Waals surface area contributed by atoms with Crippen molar-refractivity contribution in [2.45, 2.75) is 19.5 Å². The topological polar surface area (TPSA) is 45.6 Å². The van der Waals surface area contributed by atoms with Crippen molar-refractivity contribution in [3.05, 3.63) is 59.4 Å². The van der Waals surface area contributed by atoms with E-state index in [4.69, 9.17) is 0 Å². The zero-order chi connectivity index (χ0) is 17.1. The fourth-order valence-electron chi connectivity index (χ4n) is 3.01. The number of aromatic nitrogens is 1. The molecule has 0 saturated heterocycles. The minimum Gasteiger partial charge on any atom is -0.342 e. The summed E-state index contributed by atoms with van der Waals surface area (Å²) < 4.78 is 1.92. The first-order chi connectivity index (χ1) is 11.6. The van der Waals surface area contributed by atoms with Crippen molar-refractivity contribution in [2.75, 3.05) is 27.2 Å². The zero-order valence-electron chi connectivity index (χ0n) is 14.2. The van der Waals surface area contributed by atoms with E-state index in [1.165, 1.54) is 0 Å². The number of nitrogens with zero attached hydrogens (tertiary/aromatic N) is 3. The van der Waals surface area contributed by atoms with Gasteiger partial charge in [-0.2, -0.15) is 0 Å². The fraction of sp³-hybridized carbons (Fsp3) is 0.368. The lowest BCUT2D eigenvalue weighted by Crippen LogP contribution is -2.32. The number of carbonyl (C=O) groups excluding carboxylic acids is 2. The molecule has 1 aromatic carbocycles. The molecule has 3 rings (SSSR count). The number of hydrogen-bond donors (Lipinski definition) is 0. The monoisotopic (exact) mass is 325 g/mol. The summed E-state index contributed by atoms with van der Waals surface area (Å²) in [5.41, 5.74) is 2.18. The first-order valence-corrected chi connectivity index (χ1v) is 8.26. The van der Waals surface area contributed by atoms with E-state index in [9.17, 15) is 9.59 Å². The van der Waals surface area contributed by atoms with Crippen molar-refractivity contribution in [3.63, 3.8) is 0 Å². The molecule has 0 atom stereocenters. The molecule has 1 amide bonds. The fourth-order valence-corrected chi connectivity index (χ4v) is 3.01. The number of ketones is 1. The number of Topliss-reactive ketones (excluding diaryl/α,β-unsaturated/α-hetero) is 1. The van der Waals surface area contributed by atoms with Crippen LogP contribution < -0.4 is 0 Å². The smallest absolute Gasteiger partial charge is 0.271 e. The van der Waals surface area contributed by atoms with E-state index in [1.54, 1.807) is 11.0 Å². The Hall–Kier alpha value is -2.40. The van der Waals surface area contributed by atoms with Gasteiger partial charge in [0.25, 0.3) is 5.91 Å². The van der Waals surface area contributed by atoms with E-state index in [2.05, 4.69) is 4.90 Å². The van der Waals surface area contributed by atoms with Gasteiger partial charge in [0.2, 0.25) is 0 Å². The van der Waals surface area contributed by atoms with Crippen LogP contribution in [0.15, 0.2) is 42.6 Å². The highest BCUT2D eigenvalue weighted by atomic mass is 16.2. The summed E-state index contributed by atoms with van der Waals surface area (Å²) in [7, 11) is 3.99. The van der Waals surface area contributed by atoms with Gasteiger partial charge in [0.05, 0.1) is 0 Å². The maximum absolute atomic E-state index is 13.1. The van der Waals surface area contributed by atoms with Crippen LogP contribution in [0.1, 0.15) is 32.8 Å². The Morgan fingerprint density at radius 3 is 2.54 bits per heavy atom. The normalized spacial score (nSPS) is 14.9. The third-order valence-corrected chi connectivity index (χ3v) is 4.37. The number of amides is 1. The maximum Gasteiger partial charge on any atom is 0.271 e. The third kappa shape index (κ3) is 3.41. The van der Waals surface area contributed by atoms with Crippen LogP contribution in [0.25, 0.3) is 0 Å². The molecular formula is C19H23N3O2. The third-order valence-electron chi connectivity index (χ3n) is 4.37. The van der Waals surface area contributed by atoms with Gasteiger partial charge in [-0.1, -0.05) is 30.3 Å². The second kappa shape index (κ2) is 7.01. The quantitative estimate of drug-likeness (QED) is 0.847. The number of fused-ring (bicyclic) bond motifs is 1. The molecule has 0 N–H and O–H groups in total. The Morgan fingerprint density at radius 2 is 1.83 bits per heavy atom. The lowest BCUT2D eigenvalue weighted by atomic mass is 10.1. The van der Waals surface area contributed by atoms with Gasteiger partial charge in [-0.3, -0.25) is 9.59 Å². The molecule has 0 unspecified atom stereocenters. The van der Waals surface area contributed by atoms with Crippen molar-refractivity contribution in [2.24, 2.45) is 0 Å². The summed E-state index contributed by atoms with van der Waals surface area (Å²) in [4.78, 5) is 29.3. The van der Waals surface area contributed by atoms with Gasteiger partial charge in [0.1, 0.15) is 5.69 Å². The minimum atomic E-state index is -0.0524. The molecule has 126 valence electrons. The maximum atomic E-state index is 13.1. The van der Waals surface area contributed by atoms with Crippen LogP contribution in [0.5, 0.6) is 0 Å². The Bertz CT molecular complexity index is 734. The molecule has 0 fully saturated rings. The second-order valence-electron chi connectivity index (χ2n) is 6.46. The van der Waals surface area contributed by atoms with Gasteiger partial charge in [-0.15, -0.1) is 0 Å². The lowest BCUT2D eigenvalue weighted by Gasteiger charge is -2.22. The Morgan fingerprint density at radius 1 is 1.08 bits per heavy atom. The van der Waals surface area contributed by atoms with Crippen molar-refractivity contribution < 1.29 is 9.59 Å². The average molecular weight is 325 g/mol. The predicted molar refractivity (Wildman–Crippen MR) is 93.1 cm³/mol. The first kappa shape index (κ1) is 16.5. The minimum absolute atomic E-state index is 0.0524. The van der Waals surface area contributed by atoms with Gasteiger partial charge in [0, 0.05) is 44.4 Å². The van der Waals surface area contributed by atoms with E-state index >= 15 is 0 Å². The van der Waals surface area contributed by atoms with Crippen LogP contribution >= 0.6 is 0 Å². The molecule has 2 aromatic rings. The van der Waals surface area contributed by atoms with E-state index in [-0.39, 0.29) is 11.7 Å². The number of carbonyl (C=O) groups is 2. The van der Waals surface area contributed by atoms with Gasteiger partial charge in [-0.05, 0) is 25.7 Å². The Balaban J connectivity index is 1.88. The predicted octanol–water partition coefficient (Wildman–Crippen LogP) is 2.28. The molecule has 0 aliphatic carbocycles. The van der Waals surface area contributed by atoms with E-state index < -0.39 is 0 Å². The summed E-state index contributed by atoms with van der Waals surface area (Å²) >= 11 is 0. The molecule has 2 heterocycles. The summed E-state index contributed by atoms with van der Waals surface area (Å²) in [6.07, 6.45) is 2.24. The molecule has 5 nitrogen and oxygen atoms in total. The van der Waals surface area contributed by atoms with Crippen LogP contribution in [0.2, 0.25) is 0 Å². The summed E-state index contributed by atoms with van der Waals surface area (Å²) in [6.45, 7) is 2.52. The summed E-state index contributed by atoms with van der Waals surface area (Å²) in [5, 5.41) is 0. The standard InChI is InChI=1S/C19H23N3O2/c1-20(2)12-13-21-10-8-16-17(23)9-11-22(19(24)18(16)21)14-15-6-4-3-5-7-15/h3-8,10H,9,11-14H2,1-2H3. The molecule has 1 aromatic heterocycles. The molecule has 0 radical (unpaired) electrons. The van der Waals surface area contributed by atoms with Crippen molar-refractivity contribution in [1.82, 2.24) is 14.4 Å². The highest BCUT2D eigenvalue weighted by molar-refractivity contribution is 6.09. The van der Waals surface area contributed by atoms with Crippen molar-refractivity contribution in [3.8, 4) is 0 Å². The van der Waals surface area contributed by atoms with Crippen LogP contribution in [0.4, 0.5) is 0 Å². The number of hydrogen-bond acceptors (Lipinski definition) is 3. The van der Waals surface area contributed by atoms with Gasteiger partial charge < -0.3 is 14.4 Å². The Kier molecular flexibility index (Phi) is 4.81. The second-order valence-corrected chi connectivity index (χ2v) is 6.46. The molecular weight excluding hydrogens is 302 g/mol. The summed E-state index contributed by atoms with van der Waals surface area (Å²) in [5.74, 6) is 0.000902. The van der Waals surface area contributed by atoms with E-state index in [0.29, 0.717) is 37.3 Å². The summed E-state index contributed by atoms with van der Waals surface area (Å²) in [6, 6.07) is 11.7. The van der Waals surface area contributed by atoms with Crippen LogP contribution in [-0.4, -0.2) is 53.2 Å². The van der Waals surface area contributed by atoms with Crippen molar-refractivity contribution in [1.29, 1.82) is 0 Å². The SMILES string of the molecule is CN(C)CCn1ccc2c1C(=O)N(Cc1ccccc1)CCC2=O.